The molecule has 1 atom stereocenters. The summed E-state index contributed by atoms with van der Waals surface area (Å²) in [7, 11) is 0. The minimum Gasteiger partial charge on any atom is -0.477 e. The Kier molecular flexibility index (Phi) is 2.93. The normalized spacial score (nSPS) is 18.7. The first kappa shape index (κ1) is 13.6. The topological polar surface area (TPSA) is 112 Å². The molecule has 2 aliphatic heterocycles. The van der Waals surface area contributed by atoms with Gasteiger partial charge in [-0.05, 0) is 18.6 Å². The van der Waals surface area contributed by atoms with Crippen LogP contribution in [0.3, 0.4) is 0 Å². The van der Waals surface area contributed by atoms with Gasteiger partial charge in [-0.15, -0.1) is 0 Å². The zero-order valence-corrected chi connectivity index (χ0v) is 12.0. The van der Waals surface area contributed by atoms with Gasteiger partial charge in [0.15, 0.2) is 17.3 Å². The van der Waals surface area contributed by atoms with Crippen molar-refractivity contribution in [3.8, 4) is 0 Å². The first-order valence-corrected chi connectivity index (χ1v) is 7.13. The van der Waals surface area contributed by atoms with Gasteiger partial charge >= 0.3 is 12.0 Å². The number of fused-ring (bicyclic) bond motifs is 4. The summed E-state index contributed by atoms with van der Waals surface area (Å²) in [4.78, 5) is 31.6. The highest BCUT2D eigenvalue weighted by molar-refractivity contribution is 6.04. The minimum atomic E-state index is -1.13. The lowest BCUT2D eigenvalue weighted by atomic mass is 10.2. The maximum absolute atomic E-state index is 12.6. The third-order valence-corrected chi connectivity index (χ3v) is 4.06. The lowest BCUT2D eigenvalue weighted by Gasteiger charge is -2.35. The van der Waals surface area contributed by atoms with Crippen LogP contribution in [-0.4, -0.2) is 46.4 Å². The van der Waals surface area contributed by atoms with Crippen molar-refractivity contribution in [1.82, 2.24) is 10.1 Å². The van der Waals surface area contributed by atoms with E-state index in [0.717, 1.165) is 18.7 Å². The Morgan fingerprint density at radius 1 is 1.35 bits per heavy atom. The van der Waals surface area contributed by atoms with Gasteiger partial charge in [0.2, 0.25) is 0 Å². The second-order valence-corrected chi connectivity index (χ2v) is 5.42. The largest absolute Gasteiger partial charge is 0.477 e. The van der Waals surface area contributed by atoms with Crippen LogP contribution in [0.4, 0.5) is 22.1 Å². The molecule has 4 rings (SSSR count). The Balaban J connectivity index is 1.73. The predicted molar refractivity (Wildman–Crippen MR) is 79.8 cm³/mol. The number of hydrogen-bond donors (Lipinski definition) is 2. The molecule has 2 N–H and O–H groups in total. The van der Waals surface area contributed by atoms with Crippen molar-refractivity contribution in [2.24, 2.45) is 0 Å². The van der Waals surface area contributed by atoms with Crippen molar-refractivity contribution in [2.75, 3.05) is 28.2 Å². The average molecular weight is 315 g/mol. The Morgan fingerprint density at radius 3 is 2.96 bits per heavy atom. The maximum atomic E-state index is 12.6. The van der Waals surface area contributed by atoms with E-state index in [0.29, 0.717) is 18.2 Å². The molecular weight excluding hydrogens is 302 g/mol. The first-order valence-electron chi connectivity index (χ1n) is 7.13. The van der Waals surface area contributed by atoms with Gasteiger partial charge in [-0.1, -0.05) is 5.16 Å². The van der Waals surface area contributed by atoms with Crippen molar-refractivity contribution in [2.45, 2.75) is 12.5 Å². The summed E-state index contributed by atoms with van der Waals surface area (Å²) in [5.74, 6) is -0.469. The van der Waals surface area contributed by atoms with Crippen LogP contribution < -0.4 is 15.1 Å². The zero-order chi connectivity index (χ0) is 16.0. The summed E-state index contributed by atoms with van der Waals surface area (Å²) < 4.78 is 4.70. The zero-order valence-electron chi connectivity index (χ0n) is 12.0. The van der Waals surface area contributed by atoms with Crippen LogP contribution in [0.15, 0.2) is 29.0 Å². The van der Waals surface area contributed by atoms with Gasteiger partial charge in [0.1, 0.15) is 6.26 Å². The van der Waals surface area contributed by atoms with E-state index in [1.807, 2.05) is 0 Å². The Labute approximate surface area is 130 Å². The Hall–Kier alpha value is -3.10. The lowest BCUT2D eigenvalue weighted by Crippen LogP contribution is -2.48. The molecule has 2 amide bonds. The molecule has 23 heavy (non-hydrogen) atoms. The van der Waals surface area contributed by atoms with Crippen molar-refractivity contribution in [3.63, 3.8) is 0 Å². The fourth-order valence-corrected chi connectivity index (χ4v) is 3.04. The number of carbonyl (C=O) groups excluding carboxylic acids is 1. The van der Waals surface area contributed by atoms with Crippen molar-refractivity contribution in [3.05, 3.63) is 30.2 Å². The molecule has 0 spiro atoms. The molecule has 4 heterocycles. The van der Waals surface area contributed by atoms with E-state index >= 15 is 0 Å². The summed E-state index contributed by atoms with van der Waals surface area (Å²) in [6.07, 6.45) is 2.16. The summed E-state index contributed by atoms with van der Waals surface area (Å²) in [5.41, 5.74) is 0.671. The molecule has 1 unspecified atom stereocenters. The number of anilines is 3. The second kappa shape index (κ2) is 4.97. The van der Waals surface area contributed by atoms with Crippen LogP contribution in [0.25, 0.3) is 0 Å². The molecule has 9 nitrogen and oxygen atoms in total. The third kappa shape index (κ3) is 2.17. The highest BCUT2D eigenvalue weighted by atomic mass is 16.5. The van der Waals surface area contributed by atoms with Crippen molar-refractivity contribution < 1.29 is 19.2 Å². The Bertz CT molecular complexity index is 775. The van der Waals surface area contributed by atoms with E-state index in [2.05, 4.69) is 20.4 Å². The minimum absolute atomic E-state index is 0.0501. The van der Waals surface area contributed by atoms with E-state index in [4.69, 9.17) is 9.63 Å². The number of nitrogens with zero attached hydrogens (tertiary/aromatic N) is 4. The average Bonchev–Trinajstić information content (AvgIpc) is 3.18. The molecule has 0 aliphatic carbocycles. The molecule has 2 bridgehead atoms. The number of pyridine rings is 1. The predicted octanol–water partition coefficient (Wildman–Crippen LogP) is 1.40. The smallest absolute Gasteiger partial charge is 0.354 e. The standard InChI is InChI=1S/C14H13N5O4/c20-13(21)9-1-2-10-12(15-9)19(8-3-5-18(10)7-8)14(22)16-11-4-6-23-17-11/h1-2,4,6,8H,3,5,7H2,(H,20,21)(H,16,17,22). The molecule has 2 aromatic heterocycles. The van der Waals surface area contributed by atoms with Gasteiger partial charge < -0.3 is 14.5 Å². The van der Waals surface area contributed by atoms with E-state index in [-0.39, 0.29) is 11.7 Å². The fraction of sp³-hybridized carbons (Fsp3) is 0.286. The van der Waals surface area contributed by atoms with Crippen LogP contribution in [0, 0.1) is 0 Å². The molecule has 2 aromatic rings. The number of carboxylic acids is 1. The number of amides is 2. The molecule has 118 valence electrons. The fourth-order valence-electron chi connectivity index (χ4n) is 3.04. The SMILES string of the molecule is O=C(O)c1ccc2c(n1)N(C(=O)Nc1ccon1)C1CCN2C1. The number of aromatic carboxylic acids is 1. The lowest BCUT2D eigenvalue weighted by molar-refractivity contribution is 0.0690. The first-order chi connectivity index (χ1) is 11.1. The Morgan fingerprint density at radius 2 is 2.22 bits per heavy atom. The van der Waals surface area contributed by atoms with Crippen molar-refractivity contribution >= 4 is 29.3 Å². The van der Waals surface area contributed by atoms with E-state index < -0.39 is 12.0 Å². The number of urea groups is 1. The quantitative estimate of drug-likeness (QED) is 0.861. The van der Waals surface area contributed by atoms with Gasteiger partial charge in [0.05, 0.1) is 11.7 Å². The van der Waals surface area contributed by atoms with E-state index in [1.165, 1.54) is 23.3 Å². The number of carbonyl (C=O) groups is 2. The molecule has 9 heteroatoms. The van der Waals surface area contributed by atoms with Crippen LogP contribution in [0.2, 0.25) is 0 Å². The highest BCUT2D eigenvalue weighted by Gasteiger charge is 2.40. The van der Waals surface area contributed by atoms with Gasteiger partial charge in [-0.25, -0.2) is 14.6 Å². The number of nitrogens with one attached hydrogen (secondary N) is 1. The van der Waals surface area contributed by atoms with Gasteiger partial charge in [0.25, 0.3) is 0 Å². The third-order valence-electron chi connectivity index (χ3n) is 4.06. The molecule has 0 saturated carbocycles. The summed E-state index contributed by atoms with van der Waals surface area (Å²) in [6.45, 7) is 1.51. The van der Waals surface area contributed by atoms with Crippen LogP contribution >= 0.6 is 0 Å². The summed E-state index contributed by atoms with van der Waals surface area (Å²) in [5, 5.41) is 15.4. The number of aromatic nitrogens is 2. The van der Waals surface area contributed by atoms with Crippen LogP contribution in [0.1, 0.15) is 16.9 Å². The van der Waals surface area contributed by atoms with E-state index in [1.54, 1.807) is 6.07 Å². The van der Waals surface area contributed by atoms with Crippen LogP contribution in [0.5, 0.6) is 0 Å². The highest BCUT2D eigenvalue weighted by Crippen LogP contribution is 2.39. The molecule has 2 aliphatic rings. The maximum Gasteiger partial charge on any atom is 0.354 e. The number of hydrogen-bond acceptors (Lipinski definition) is 6. The molecule has 0 aromatic carbocycles. The molecule has 1 fully saturated rings. The molecule has 0 radical (unpaired) electrons. The summed E-state index contributed by atoms with van der Waals surface area (Å²) >= 11 is 0. The van der Waals surface area contributed by atoms with Crippen molar-refractivity contribution in [1.29, 1.82) is 0 Å². The van der Waals surface area contributed by atoms with Gasteiger partial charge in [0, 0.05) is 19.2 Å². The molecule has 1 saturated heterocycles. The van der Waals surface area contributed by atoms with Crippen LogP contribution in [-0.2, 0) is 0 Å². The molecular formula is C14H13N5O4. The van der Waals surface area contributed by atoms with Gasteiger partial charge in [-0.2, -0.15) is 0 Å². The monoisotopic (exact) mass is 315 g/mol. The summed E-state index contributed by atoms with van der Waals surface area (Å²) in [6, 6.07) is 4.23. The van der Waals surface area contributed by atoms with Gasteiger partial charge in [-0.3, -0.25) is 10.2 Å². The number of rotatable bonds is 2. The number of carboxylic acid groups (broad SMARTS) is 1. The second-order valence-electron chi connectivity index (χ2n) is 5.42. The van der Waals surface area contributed by atoms with E-state index in [9.17, 15) is 9.59 Å².